The number of ether oxygens (including phenoxy) is 1. The van der Waals surface area contributed by atoms with E-state index in [0.29, 0.717) is 0 Å². The molecule has 44 heavy (non-hydrogen) atoms. The van der Waals surface area contributed by atoms with Gasteiger partial charge in [0.25, 0.3) is 0 Å². The Kier molecular flexibility index (Phi) is 5.69. The van der Waals surface area contributed by atoms with Crippen molar-refractivity contribution < 1.29 is 4.74 Å². The third-order valence-corrected chi connectivity index (χ3v) is 10.7. The predicted octanol–water partition coefficient (Wildman–Crippen LogP) is 6.73. The second-order valence-electron chi connectivity index (χ2n) is 13.1. The van der Waals surface area contributed by atoms with Crippen molar-refractivity contribution in [3.8, 4) is 5.75 Å². The lowest BCUT2D eigenvalue weighted by Gasteiger charge is -2.29. The van der Waals surface area contributed by atoms with Crippen LogP contribution in [0.5, 0.6) is 5.75 Å². The summed E-state index contributed by atoms with van der Waals surface area (Å²) in [6.45, 7) is 0. The maximum Gasteiger partial charge on any atom is 0.128 e. The van der Waals surface area contributed by atoms with Gasteiger partial charge < -0.3 is 10.1 Å². The van der Waals surface area contributed by atoms with Crippen LogP contribution in [0.3, 0.4) is 0 Å². The van der Waals surface area contributed by atoms with Gasteiger partial charge in [0.1, 0.15) is 17.7 Å². The van der Waals surface area contributed by atoms with Crippen molar-refractivity contribution in [1.29, 1.82) is 0 Å². The SMILES string of the molecule is CN=C(NC12C=CCC=CC1(Cc1ccccc1)C2)C1=CC2=C3c4c(cccc4C4C=CC=c5ccccc5=C24)OC3CC1. The molecule has 0 amide bonds. The van der Waals surface area contributed by atoms with Gasteiger partial charge in [0.05, 0.1) is 5.54 Å². The molecule has 6 aliphatic rings. The van der Waals surface area contributed by atoms with Crippen LogP contribution in [-0.2, 0) is 6.42 Å². The van der Waals surface area contributed by atoms with Crippen LogP contribution >= 0.6 is 0 Å². The number of nitrogens with zero attached hydrogens (tertiary/aromatic N) is 1. The number of benzene rings is 3. The number of allylic oxidation sites excluding steroid dienone is 6. The van der Waals surface area contributed by atoms with Crippen LogP contribution in [0.2, 0.25) is 0 Å². The van der Waals surface area contributed by atoms with Gasteiger partial charge in [0.15, 0.2) is 0 Å². The van der Waals surface area contributed by atoms with Crippen molar-refractivity contribution in [1.82, 2.24) is 5.32 Å². The highest BCUT2D eigenvalue weighted by Gasteiger charge is 2.65. The van der Waals surface area contributed by atoms with E-state index >= 15 is 0 Å². The second-order valence-corrected chi connectivity index (χ2v) is 13.1. The van der Waals surface area contributed by atoms with E-state index in [9.17, 15) is 0 Å². The number of rotatable bonds is 4. The van der Waals surface area contributed by atoms with E-state index in [1.54, 1.807) is 0 Å². The molecule has 0 radical (unpaired) electrons. The van der Waals surface area contributed by atoms with E-state index in [-0.39, 0.29) is 23.0 Å². The first kappa shape index (κ1) is 25.8. The van der Waals surface area contributed by atoms with Gasteiger partial charge in [-0.05, 0) is 82.5 Å². The molecule has 0 spiro atoms. The molecule has 3 nitrogen and oxygen atoms in total. The zero-order valence-corrected chi connectivity index (χ0v) is 25.1. The summed E-state index contributed by atoms with van der Waals surface area (Å²) in [6.07, 6.45) is 23.8. The van der Waals surface area contributed by atoms with Gasteiger partial charge in [-0.2, -0.15) is 0 Å². The average molecular weight is 573 g/mol. The van der Waals surface area contributed by atoms with Crippen molar-refractivity contribution >= 4 is 23.1 Å². The first-order chi connectivity index (χ1) is 21.7. The molecule has 1 saturated carbocycles. The van der Waals surface area contributed by atoms with Crippen LogP contribution < -0.4 is 20.5 Å². The van der Waals surface area contributed by atoms with Crippen LogP contribution in [0.1, 0.15) is 48.3 Å². The number of fused-ring (bicyclic) bond motifs is 5. The zero-order valence-electron chi connectivity index (χ0n) is 25.1. The lowest BCUT2D eigenvalue weighted by molar-refractivity contribution is 0.266. The molecule has 5 aliphatic carbocycles. The van der Waals surface area contributed by atoms with Gasteiger partial charge in [0, 0.05) is 29.5 Å². The fourth-order valence-electron chi connectivity index (χ4n) is 8.56. The largest absolute Gasteiger partial charge is 0.485 e. The van der Waals surface area contributed by atoms with Crippen LogP contribution in [0.4, 0.5) is 0 Å². The third kappa shape index (κ3) is 3.78. The van der Waals surface area contributed by atoms with Gasteiger partial charge in [-0.3, -0.25) is 4.99 Å². The van der Waals surface area contributed by atoms with Gasteiger partial charge in [-0.15, -0.1) is 0 Å². The Bertz CT molecular complexity index is 2020. The first-order valence-corrected chi connectivity index (χ1v) is 16.1. The maximum absolute atomic E-state index is 6.73. The summed E-state index contributed by atoms with van der Waals surface area (Å²) in [5.74, 6) is 2.21. The molecule has 0 aromatic heterocycles. The van der Waals surface area contributed by atoms with E-state index in [4.69, 9.17) is 9.73 Å². The van der Waals surface area contributed by atoms with Crippen LogP contribution in [0, 0.1) is 5.41 Å². The molecule has 9 rings (SSSR count). The summed E-state index contributed by atoms with van der Waals surface area (Å²) in [7, 11) is 1.94. The zero-order chi connectivity index (χ0) is 29.3. The number of hydrogen-bond donors (Lipinski definition) is 1. The molecule has 1 aliphatic heterocycles. The summed E-state index contributed by atoms with van der Waals surface area (Å²) >= 11 is 0. The minimum Gasteiger partial charge on any atom is -0.485 e. The van der Waals surface area contributed by atoms with Gasteiger partial charge in [-0.25, -0.2) is 0 Å². The minimum atomic E-state index is -0.142. The third-order valence-electron chi connectivity index (χ3n) is 10.7. The van der Waals surface area contributed by atoms with Crippen molar-refractivity contribution in [2.24, 2.45) is 10.4 Å². The minimum absolute atomic E-state index is 0.0433. The monoisotopic (exact) mass is 572 g/mol. The van der Waals surface area contributed by atoms with Crippen molar-refractivity contribution in [2.45, 2.75) is 49.7 Å². The maximum atomic E-state index is 6.73. The normalized spacial score (nSPS) is 28.7. The fraction of sp³-hybridized carbons (Fsp3) is 0.244. The molecule has 4 unspecified atom stereocenters. The Morgan fingerprint density at radius 3 is 2.73 bits per heavy atom. The number of hydrogen-bond acceptors (Lipinski definition) is 2. The van der Waals surface area contributed by atoms with Crippen molar-refractivity contribution in [2.75, 3.05) is 7.05 Å². The Morgan fingerprint density at radius 1 is 0.955 bits per heavy atom. The molecular formula is C41H36N2O. The van der Waals surface area contributed by atoms with Gasteiger partial charge >= 0.3 is 0 Å². The Labute approximate surface area is 259 Å². The van der Waals surface area contributed by atoms with E-state index in [1.807, 2.05) is 7.05 Å². The van der Waals surface area contributed by atoms with E-state index in [2.05, 4.69) is 127 Å². The summed E-state index contributed by atoms with van der Waals surface area (Å²) in [6, 6.07) is 26.4. The number of aliphatic imine (C=N–C) groups is 1. The van der Waals surface area contributed by atoms with Crippen molar-refractivity contribution in [3.63, 3.8) is 0 Å². The smallest absolute Gasteiger partial charge is 0.128 e. The molecular weight excluding hydrogens is 536 g/mol. The molecule has 0 saturated heterocycles. The lowest BCUT2D eigenvalue weighted by Crippen LogP contribution is -2.41. The van der Waals surface area contributed by atoms with Crippen LogP contribution in [0.15, 0.2) is 131 Å². The van der Waals surface area contributed by atoms with Gasteiger partial charge in [-0.1, -0.05) is 109 Å². The second kappa shape index (κ2) is 9.69. The Balaban J connectivity index is 1.18. The number of amidine groups is 1. The molecule has 3 aromatic rings. The van der Waals surface area contributed by atoms with Crippen LogP contribution in [-0.4, -0.2) is 24.5 Å². The van der Waals surface area contributed by atoms with Gasteiger partial charge in [0.2, 0.25) is 0 Å². The highest BCUT2D eigenvalue weighted by molar-refractivity contribution is 6.04. The van der Waals surface area contributed by atoms with E-state index in [1.165, 1.54) is 49.4 Å². The fourth-order valence-corrected chi connectivity index (χ4v) is 8.56. The molecule has 0 bridgehead atoms. The molecule has 1 fully saturated rings. The van der Waals surface area contributed by atoms with E-state index in [0.717, 1.165) is 43.7 Å². The average Bonchev–Trinajstić information content (AvgIpc) is 3.66. The molecule has 3 aromatic carbocycles. The first-order valence-electron chi connectivity index (χ1n) is 16.1. The molecule has 1 N–H and O–H groups in total. The summed E-state index contributed by atoms with van der Waals surface area (Å²) in [5, 5.41) is 6.63. The van der Waals surface area contributed by atoms with E-state index < -0.39 is 0 Å². The van der Waals surface area contributed by atoms with Crippen molar-refractivity contribution in [3.05, 3.63) is 154 Å². The lowest BCUT2D eigenvalue weighted by atomic mass is 9.73. The number of nitrogens with one attached hydrogen (secondary N) is 1. The molecule has 216 valence electrons. The Morgan fingerprint density at radius 2 is 1.82 bits per heavy atom. The highest BCUT2D eigenvalue weighted by Crippen LogP contribution is 2.61. The Hall–Kier alpha value is -4.63. The molecule has 4 atom stereocenters. The standard InChI is InChI=1S/C41H36N2O/c1-42-39(43-41-23-9-3-8-22-40(41,26-41)25-27-12-4-2-5-13-27)29-20-21-35-38-33(24-29)36-30-16-7-6-14-28(30)15-10-17-31(36)32-18-11-19-34(44-35)37(32)38/h2,4-19,22-24,31,35H,3,20-21,25-26H2,1H3,(H,42,43). The summed E-state index contributed by atoms with van der Waals surface area (Å²) in [4.78, 5) is 4.96. The topological polar surface area (TPSA) is 33.6 Å². The molecule has 1 heterocycles. The predicted molar refractivity (Wildman–Crippen MR) is 180 cm³/mol. The summed E-state index contributed by atoms with van der Waals surface area (Å²) in [5.41, 5.74) is 9.29. The quantitative estimate of drug-likeness (QED) is 0.214. The highest BCUT2D eigenvalue weighted by atomic mass is 16.5. The molecule has 3 heteroatoms. The van der Waals surface area contributed by atoms with Crippen LogP contribution in [0.25, 0.3) is 17.2 Å². The summed E-state index contributed by atoms with van der Waals surface area (Å²) < 4.78 is 6.73.